The summed E-state index contributed by atoms with van der Waals surface area (Å²) in [6.45, 7) is 0. The third kappa shape index (κ3) is 5.38. The molecule has 2 amide bonds. The fourth-order valence-electron chi connectivity index (χ4n) is 1.92. The number of benzene rings is 1. The van der Waals surface area contributed by atoms with E-state index in [4.69, 9.17) is 0 Å². The molecule has 0 bridgehead atoms. The molecule has 2 N–H and O–H groups in total. The van der Waals surface area contributed by atoms with E-state index in [2.05, 4.69) is 36.8 Å². The van der Waals surface area contributed by atoms with Crippen LogP contribution in [0.15, 0.2) is 63.4 Å². The lowest BCUT2D eigenvalue weighted by Crippen LogP contribution is -2.14. The van der Waals surface area contributed by atoms with Gasteiger partial charge in [-0.15, -0.1) is 21.5 Å². The maximum Gasteiger partial charge on any atom is 0.266 e. The fraction of sp³-hybridized carbons (Fsp3) is 0.0588. The number of carbonyl (C=O) groups excluding carboxylic acids is 2. The van der Waals surface area contributed by atoms with Crippen LogP contribution in [0.5, 0.6) is 0 Å². The van der Waals surface area contributed by atoms with Crippen LogP contribution in [-0.4, -0.2) is 27.8 Å². The summed E-state index contributed by atoms with van der Waals surface area (Å²) < 4.78 is 0.950. The number of hydrogen-bond donors (Lipinski definition) is 2. The van der Waals surface area contributed by atoms with Crippen molar-refractivity contribution in [3.8, 4) is 0 Å². The molecule has 3 rings (SSSR count). The first-order valence-electron chi connectivity index (χ1n) is 7.47. The largest absolute Gasteiger partial charge is 0.325 e. The topological polar surface area (TPSA) is 84.0 Å². The minimum absolute atomic E-state index is 0.130. The van der Waals surface area contributed by atoms with E-state index in [1.807, 2.05) is 35.7 Å². The molecular formula is C17H13BrN4O2S2. The highest BCUT2D eigenvalue weighted by Gasteiger charge is 2.09. The average molecular weight is 449 g/mol. The van der Waals surface area contributed by atoms with Gasteiger partial charge in [-0.25, -0.2) is 0 Å². The number of nitrogens with zero attached hydrogens (tertiary/aromatic N) is 2. The summed E-state index contributed by atoms with van der Waals surface area (Å²) in [6.07, 6.45) is 0. The molecule has 2 heterocycles. The van der Waals surface area contributed by atoms with Crippen LogP contribution in [0.3, 0.4) is 0 Å². The zero-order valence-electron chi connectivity index (χ0n) is 13.3. The third-order valence-electron chi connectivity index (χ3n) is 3.11. The zero-order valence-corrected chi connectivity index (χ0v) is 16.5. The van der Waals surface area contributed by atoms with Crippen LogP contribution in [0.1, 0.15) is 9.67 Å². The smallest absolute Gasteiger partial charge is 0.266 e. The van der Waals surface area contributed by atoms with Crippen LogP contribution in [0.25, 0.3) is 0 Å². The molecule has 132 valence electrons. The van der Waals surface area contributed by atoms with Crippen LogP contribution in [0.4, 0.5) is 11.5 Å². The summed E-state index contributed by atoms with van der Waals surface area (Å²) in [5.41, 5.74) is 0.733. The van der Waals surface area contributed by atoms with Gasteiger partial charge in [0.25, 0.3) is 5.91 Å². The first kappa shape index (κ1) is 18.6. The molecule has 0 aliphatic rings. The Morgan fingerprint density at radius 2 is 1.85 bits per heavy atom. The van der Waals surface area contributed by atoms with Gasteiger partial charge < -0.3 is 10.6 Å². The Labute approximate surface area is 166 Å². The van der Waals surface area contributed by atoms with Crippen molar-refractivity contribution in [2.45, 2.75) is 5.03 Å². The number of aromatic nitrogens is 2. The second kappa shape index (κ2) is 8.93. The fourth-order valence-corrected chi connectivity index (χ4v) is 3.42. The lowest BCUT2D eigenvalue weighted by Gasteiger charge is -2.05. The molecule has 9 heteroatoms. The molecule has 6 nitrogen and oxygen atoms in total. The molecule has 0 spiro atoms. The molecule has 0 atom stereocenters. The number of anilines is 2. The van der Waals surface area contributed by atoms with Gasteiger partial charge in [-0.3, -0.25) is 9.59 Å². The van der Waals surface area contributed by atoms with Crippen molar-refractivity contribution in [3.63, 3.8) is 0 Å². The molecule has 0 aliphatic carbocycles. The van der Waals surface area contributed by atoms with Crippen LogP contribution in [0.2, 0.25) is 0 Å². The summed E-state index contributed by atoms with van der Waals surface area (Å²) in [5, 5.41) is 15.9. The molecule has 26 heavy (non-hydrogen) atoms. The molecule has 0 aliphatic heterocycles. The van der Waals surface area contributed by atoms with E-state index in [-0.39, 0.29) is 17.6 Å². The Morgan fingerprint density at radius 3 is 2.50 bits per heavy atom. The second-order valence-corrected chi connectivity index (χ2v) is 7.89. The van der Waals surface area contributed by atoms with Crippen molar-refractivity contribution < 1.29 is 9.59 Å². The van der Waals surface area contributed by atoms with Gasteiger partial charge in [-0.1, -0.05) is 33.8 Å². The van der Waals surface area contributed by atoms with Gasteiger partial charge in [0.05, 0.1) is 10.6 Å². The molecule has 2 aromatic heterocycles. The van der Waals surface area contributed by atoms with E-state index < -0.39 is 0 Å². The van der Waals surface area contributed by atoms with Crippen molar-refractivity contribution in [2.75, 3.05) is 16.4 Å². The third-order valence-corrected chi connectivity index (χ3v) is 5.42. The Kier molecular flexibility index (Phi) is 6.37. The molecule has 0 radical (unpaired) electrons. The Hall–Kier alpha value is -2.23. The zero-order chi connectivity index (χ0) is 18.4. The molecule has 0 saturated heterocycles. The summed E-state index contributed by atoms with van der Waals surface area (Å²) in [5.74, 6) is 0.232. The SMILES string of the molecule is O=C(CSc1ccc(NC(=O)c2cccs2)nn1)Nc1ccc(Br)cc1. The quantitative estimate of drug-likeness (QED) is 0.549. The van der Waals surface area contributed by atoms with Crippen LogP contribution < -0.4 is 10.6 Å². The Morgan fingerprint density at radius 1 is 1.04 bits per heavy atom. The number of thiophene rings is 1. The summed E-state index contributed by atoms with van der Waals surface area (Å²) in [4.78, 5) is 24.5. The highest BCUT2D eigenvalue weighted by molar-refractivity contribution is 9.10. The minimum Gasteiger partial charge on any atom is -0.325 e. The average Bonchev–Trinajstić information content (AvgIpc) is 3.18. The van der Waals surface area contributed by atoms with Gasteiger partial charge in [-0.05, 0) is 47.8 Å². The number of halogens is 1. The maximum atomic E-state index is 12.0. The lowest BCUT2D eigenvalue weighted by atomic mass is 10.3. The van der Waals surface area contributed by atoms with Gasteiger partial charge >= 0.3 is 0 Å². The Bertz CT molecular complexity index is 884. The van der Waals surface area contributed by atoms with E-state index >= 15 is 0 Å². The first-order chi connectivity index (χ1) is 12.6. The number of rotatable bonds is 6. The van der Waals surface area contributed by atoms with Crippen molar-refractivity contribution in [1.82, 2.24) is 10.2 Å². The monoisotopic (exact) mass is 448 g/mol. The van der Waals surface area contributed by atoms with Crippen molar-refractivity contribution in [2.24, 2.45) is 0 Å². The normalized spacial score (nSPS) is 10.3. The van der Waals surface area contributed by atoms with Crippen molar-refractivity contribution >= 4 is 62.3 Å². The van der Waals surface area contributed by atoms with Gasteiger partial charge in [0.1, 0.15) is 5.03 Å². The van der Waals surface area contributed by atoms with Gasteiger partial charge in [0.15, 0.2) is 5.82 Å². The molecule has 0 fully saturated rings. The van der Waals surface area contributed by atoms with Crippen molar-refractivity contribution in [3.05, 3.63) is 63.3 Å². The second-order valence-electron chi connectivity index (χ2n) is 5.03. The van der Waals surface area contributed by atoms with Gasteiger partial charge in [0, 0.05) is 10.2 Å². The minimum atomic E-state index is -0.219. The molecule has 1 aromatic carbocycles. The maximum absolute atomic E-state index is 12.0. The van der Waals surface area contributed by atoms with E-state index in [0.717, 1.165) is 10.2 Å². The number of thioether (sulfide) groups is 1. The van der Waals surface area contributed by atoms with Crippen LogP contribution >= 0.6 is 39.0 Å². The van der Waals surface area contributed by atoms with E-state index in [0.29, 0.717) is 15.7 Å². The highest BCUT2D eigenvalue weighted by Crippen LogP contribution is 2.18. The predicted molar refractivity (Wildman–Crippen MR) is 108 cm³/mol. The number of hydrogen-bond acceptors (Lipinski definition) is 6. The summed E-state index contributed by atoms with van der Waals surface area (Å²) in [6, 6.07) is 14.3. The molecule has 0 saturated carbocycles. The first-order valence-corrected chi connectivity index (χ1v) is 10.1. The van der Waals surface area contributed by atoms with Gasteiger partial charge in [-0.2, -0.15) is 0 Å². The molecule has 0 unspecified atom stereocenters. The number of amides is 2. The number of nitrogens with one attached hydrogen (secondary N) is 2. The van der Waals surface area contributed by atoms with E-state index in [1.165, 1.54) is 23.1 Å². The van der Waals surface area contributed by atoms with Crippen molar-refractivity contribution in [1.29, 1.82) is 0 Å². The lowest BCUT2D eigenvalue weighted by molar-refractivity contribution is -0.113. The standard InChI is InChI=1S/C17H13BrN4O2S2/c18-11-3-5-12(6-4-11)19-15(23)10-26-16-8-7-14(21-22-16)20-17(24)13-2-1-9-25-13/h1-9H,10H2,(H,19,23)(H,20,21,24). The van der Waals surface area contributed by atoms with Crippen LogP contribution in [-0.2, 0) is 4.79 Å². The summed E-state index contributed by atoms with van der Waals surface area (Å²) >= 11 is 5.97. The highest BCUT2D eigenvalue weighted by atomic mass is 79.9. The molecule has 3 aromatic rings. The van der Waals surface area contributed by atoms with E-state index in [1.54, 1.807) is 18.2 Å². The van der Waals surface area contributed by atoms with Gasteiger partial charge in [0.2, 0.25) is 5.91 Å². The predicted octanol–water partition coefficient (Wildman–Crippen LogP) is 4.28. The van der Waals surface area contributed by atoms with Crippen LogP contribution in [0, 0.1) is 0 Å². The molecular weight excluding hydrogens is 436 g/mol. The Balaban J connectivity index is 1.48. The summed E-state index contributed by atoms with van der Waals surface area (Å²) in [7, 11) is 0. The number of carbonyl (C=O) groups is 2. The van der Waals surface area contributed by atoms with E-state index in [9.17, 15) is 9.59 Å².